The Bertz CT molecular complexity index is 228. The van der Waals surface area contributed by atoms with Crippen molar-refractivity contribution >= 4 is 12.1 Å². The van der Waals surface area contributed by atoms with Crippen LogP contribution < -0.4 is 5.32 Å². The highest BCUT2D eigenvalue weighted by Gasteiger charge is 1.98. The van der Waals surface area contributed by atoms with Gasteiger partial charge in [-0.1, -0.05) is 12.2 Å². The Morgan fingerprint density at radius 3 is 3.00 bits per heavy atom. The van der Waals surface area contributed by atoms with Gasteiger partial charge in [0.15, 0.2) is 0 Å². The molecule has 0 spiro atoms. The number of carbonyl (C=O) groups is 1. The lowest BCUT2D eigenvalue weighted by molar-refractivity contribution is -0.109. The first kappa shape index (κ1) is 7.72. The first-order valence-corrected chi connectivity index (χ1v) is 3.44. The Balaban J connectivity index is 2.43. The lowest BCUT2D eigenvalue weighted by atomic mass is 10.1. The summed E-state index contributed by atoms with van der Waals surface area (Å²) in [7, 11) is 0. The van der Waals surface area contributed by atoms with Crippen molar-refractivity contribution in [3.8, 4) is 0 Å². The van der Waals surface area contributed by atoms with Crippen LogP contribution in [0.4, 0.5) is 0 Å². The van der Waals surface area contributed by atoms with Gasteiger partial charge in [0, 0.05) is 18.7 Å². The summed E-state index contributed by atoms with van der Waals surface area (Å²) in [5.74, 6) is 0. The number of hydrogen-bond acceptors (Lipinski definition) is 2. The van der Waals surface area contributed by atoms with Gasteiger partial charge in [-0.25, -0.2) is 0 Å². The number of amides is 1. The molecule has 58 valence electrons. The van der Waals surface area contributed by atoms with Gasteiger partial charge in [0.2, 0.25) is 6.41 Å². The van der Waals surface area contributed by atoms with Crippen LogP contribution in [0.2, 0.25) is 0 Å². The van der Waals surface area contributed by atoms with E-state index in [0.29, 0.717) is 25.1 Å². The minimum absolute atomic E-state index is 0.563. The van der Waals surface area contributed by atoms with Gasteiger partial charge in [0.05, 0.1) is 0 Å². The van der Waals surface area contributed by atoms with Gasteiger partial charge in [-0.2, -0.15) is 0 Å². The number of allylic oxidation sites excluding steroid dienone is 2. The van der Waals surface area contributed by atoms with Crippen molar-refractivity contribution < 1.29 is 4.79 Å². The summed E-state index contributed by atoms with van der Waals surface area (Å²) in [6.45, 7) is 0.563. The Morgan fingerprint density at radius 2 is 2.45 bits per heavy atom. The molecule has 0 unspecified atom stereocenters. The largest absolute Gasteiger partial charge is 0.355 e. The second-order valence-corrected chi connectivity index (χ2v) is 2.34. The Kier molecular flexibility index (Phi) is 2.60. The maximum absolute atomic E-state index is 9.91. The molecule has 11 heavy (non-hydrogen) atoms. The number of carbonyl (C=O) groups excluding carboxylic acids is 1. The molecule has 0 saturated heterocycles. The molecule has 1 aliphatic rings. The van der Waals surface area contributed by atoms with E-state index in [0.717, 1.165) is 5.57 Å². The van der Waals surface area contributed by atoms with E-state index in [1.165, 1.54) is 0 Å². The fraction of sp³-hybridized carbons (Fsp3) is 0.250. The molecule has 0 bridgehead atoms. The van der Waals surface area contributed by atoms with Gasteiger partial charge in [-0.15, -0.1) is 0 Å². The molecule has 1 amide bonds. The van der Waals surface area contributed by atoms with Gasteiger partial charge < -0.3 is 10.7 Å². The maximum Gasteiger partial charge on any atom is 0.207 e. The molecule has 0 fully saturated rings. The van der Waals surface area contributed by atoms with Gasteiger partial charge >= 0.3 is 0 Å². The predicted octanol–water partition coefficient (Wildman–Crippen LogP) is 0.638. The fourth-order valence-corrected chi connectivity index (χ4v) is 0.875. The molecule has 1 aliphatic carbocycles. The van der Waals surface area contributed by atoms with E-state index in [9.17, 15) is 4.79 Å². The normalized spacial score (nSPS) is 16.0. The minimum atomic E-state index is 0.563. The average molecular weight is 150 g/mol. The highest BCUT2D eigenvalue weighted by molar-refractivity contribution is 5.95. The number of rotatable bonds is 3. The molecule has 0 aromatic rings. The summed E-state index contributed by atoms with van der Waals surface area (Å²) < 4.78 is 0. The highest BCUT2D eigenvalue weighted by atomic mass is 16.1. The Morgan fingerprint density at radius 1 is 1.64 bits per heavy atom. The van der Waals surface area contributed by atoms with Gasteiger partial charge in [-0.05, 0) is 11.6 Å². The van der Waals surface area contributed by atoms with Crippen LogP contribution >= 0.6 is 0 Å². The van der Waals surface area contributed by atoms with Gasteiger partial charge in [0.25, 0.3) is 0 Å². The van der Waals surface area contributed by atoms with Gasteiger partial charge in [0.1, 0.15) is 0 Å². The molecule has 1 rings (SSSR count). The third-order valence-corrected chi connectivity index (χ3v) is 1.47. The fourth-order valence-electron chi connectivity index (χ4n) is 0.875. The van der Waals surface area contributed by atoms with Crippen LogP contribution in [0, 0.1) is 5.41 Å². The molecule has 0 saturated carbocycles. The van der Waals surface area contributed by atoms with Crippen LogP contribution in [0.25, 0.3) is 0 Å². The van der Waals surface area contributed by atoms with Crippen LogP contribution in [-0.2, 0) is 4.79 Å². The zero-order valence-electron chi connectivity index (χ0n) is 6.13. The van der Waals surface area contributed by atoms with Crippen molar-refractivity contribution in [2.24, 2.45) is 0 Å². The lowest BCUT2D eigenvalue weighted by Crippen LogP contribution is -2.14. The van der Waals surface area contributed by atoms with Crippen molar-refractivity contribution in [1.29, 1.82) is 5.41 Å². The summed E-state index contributed by atoms with van der Waals surface area (Å²) in [6.07, 6.45) is 6.89. The summed E-state index contributed by atoms with van der Waals surface area (Å²) in [6, 6.07) is 0. The summed E-state index contributed by atoms with van der Waals surface area (Å²) >= 11 is 0. The van der Waals surface area contributed by atoms with Crippen molar-refractivity contribution in [3.05, 3.63) is 23.8 Å². The molecule has 3 heteroatoms. The lowest BCUT2D eigenvalue weighted by Gasteiger charge is -2.05. The van der Waals surface area contributed by atoms with E-state index in [1.54, 1.807) is 6.08 Å². The Labute approximate surface area is 65.3 Å². The summed E-state index contributed by atoms with van der Waals surface area (Å²) in [5.41, 5.74) is 1.67. The van der Waals surface area contributed by atoms with Crippen LogP contribution in [0.1, 0.15) is 6.42 Å². The maximum atomic E-state index is 9.91. The van der Waals surface area contributed by atoms with E-state index in [2.05, 4.69) is 5.32 Å². The van der Waals surface area contributed by atoms with E-state index < -0.39 is 0 Å². The summed E-state index contributed by atoms with van der Waals surface area (Å²) in [5, 5.41) is 9.80. The average Bonchev–Trinajstić information content (AvgIpc) is 2.04. The van der Waals surface area contributed by atoms with Crippen molar-refractivity contribution in [1.82, 2.24) is 5.32 Å². The minimum Gasteiger partial charge on any atom is -0.355 e. The number of hydrogen-bond donors (Lipinski definition) is 2. The second kappa shape index (κ2) is 3.71. The first-order valence-electron chi connectivity index (χ1n) is 3.44. The van der Waals surface area contributed by atoms with E-state index in [1.807, 2.05) is 12.2 Å². The highest BCUT2D eigenvalue weighted by Crippen LogP contribution is 2.05. The quantitative estimate of drug-likeness (QED) is 0.570. The SMILES string of the molecule is N=C1C=CC(CNC=O)=CC1. The second-order valence-electron chi connectivity index (χ2n) is 2.34. The predicted molar refractivity (Wildman–Crippen MR) is 43.6 cm³/mol. The van der Waals surface area contributed by atoms with E-state index >= 15 is 0 Å². The Hall–Kier alpha value is -1.38. The molecule has 0 aliphatic heterocycles. The molecule has 0 atom stereocenters. The first-order chi connectivity index (χ1) is 5.33. The molecule has 0 heterocycles. The van der Waals surface area contributed by atoms with Crippen molar-refractivity contribution in [2.75, 3.05) is 6.54 Å². The van der Waals surface area contributed by atoms with Crippen LogP contribution in [-0.4, -0.2) is 18.7 Å². The molecular formula is C8H10N2O. The third-order valence-electron chi connectivity index (χ3n) is 1.47. The van der Waals surface area contributed by atoms with E-state index in [-0.39, 0.29) is 0 Å². The topological polar surface area (TPSA) is 53.0 Å². The van der Waals surface area contributed by atoms with Crippen LogP contribution in [0.3, 0.4) is 0 Å². The van der Waals surface area contributed by atoms with Gasteiger partial charge in [-0.3, -0.25) is 4.79 Å². The van der Waals surface area contributed by atoms with Crippen LogP contribution in [0.5, 0.6) is 0 Å². The molecule has 0 aromatic carbocycles. The smallest absolute Gasteiger partial charge is 0.207 e. The molecule has 3 nitrogen and oxygen atoms in total. The monoisotopic (exact) mass is 150 g/mol. The molecule has 0 radical (unpaired) electrons. The molecule has 0 aromatic heterocycles. The van der Waals surface area contributed by atoms with E-state index in [4.69, 9.17) is 5.41 Å². The molecular weight excluding hydrogens is 140 g/mol. The number of nitrogens with one attached hydrogen (secondary N) is 2. The molecule has 2 N–H and O–H groups in total. The van der Waals surface area contributed by atoms with Crippen molar-refractivity contribution in [3.63, 3.8) is 0 Å². The zero-order chi connectivity index (χ0) is 8.10. The van der Waals surface area contributed by atoms with Crippen molar-refractivity contribution in [2.45, 2.75) is 6.42 Å². The third kappa shape index (κ3) is 2.37. The standard InChI is InChI=1S/C8H10N2O/c9-8-3-1-7(2-4-8)5-10-6-11/h1-3,6,9H,4-5H2,(H,10,11). The van der Waals surface area contributed by atoms with Crippen LogP contribution in [0.15, 0.2) is 23.8 Å². The zero-order valence-corrected chi connectivity index (χ0v) is 6.13. The summed E-state index contributed by atoms with van der Waals surface area (Å²) in [4.78, 5) is 9.91.